The van der Waals surface area contributed by atoms with Crippen LogP contribution in [0, 0.1) is 40.4 Å². The van der Waals surface area contributed by atoms with Crippen LogP contribution in [-0.4, -0.2) is 168 Å². The minimum absolute atomic E-state index is 0.0299. The number of aliphatic hydroxyl groups is 4. The molecule has 0 bridgehead atoms. The number of ketones is 2. The number of rotatable bonds is 28. The molecule has 1 rings (SSSR count). The Morgan fingerprint density at radius 2 is 0.952 bits per heavy atom. The molecule has 1 heterocycles. The van der Waals surface area contributed by atoms with E-state index in [2.05, 4.69) is 54.2 Å². The molecule has 0 aromatic carbocycles. The number of amides is 4. The maximum Gasteiger partial charge on any atom is 0.305 e. The number of nitrogens with two attached hydrogens (primary N) is 1. The number of ether oxygens (including phenoxy) is 4. The average Bonchev–Trinajstić information content (AvgIpc) is 3.40. The Morgan fingerprint density at radius 3 is 1.25 bits per heavy atom. The van der Waals surface area contributed by atoms with Gasteiger partial charge in [0, 0.05) is 83.5 Å². The summed E-state index contributed by atoms with van der Waals surface area (Å²) in [4.78, 5) is 80.3. The zero-order chi connectivity index (χ0) is 66.0. The molecule has 0 aromatic rings. The van der Waals surface area contributed by atoms with Gasteiger partial charge in [-0.05, 0) is 24.7 Å². The van der Waals surface area contributed by atoms with Gasteiger partial charge in [-0.3, -0.25) is 33.6 Å². The number of nitrogens with one attached hydrogen (secondary N) is 4. The van der Waals surface area contributed by atoms with Gasteiger partial charge in [-0.25, -0.2) is 0 Å². The summed E-state index contributed by atoms with van der Waals surface area (Å²) in [7, 11) is 2.61. The maximum atomic E-state index is 12.9. The largest absolute Gasteiger partial charge is 0.481 e. The molecule has 0 aromatic heterocycles. The zero-order valence-electron chi connectivity index (χ0n) is 53.5. The number of carbonyl (C=O) groups excluding carboxylic acids is 6. The summed E-state index contributed by atoms with van der Waals surface area (Å²) in [6, 6.07) is 0. The van der Waals surface area contributed by atoms with Gasteiger partial charge in [-0.15, -0.1) is 32.9 Å². The molecule has 4 amide bonds. The van der Waals surface area contributed by atoms with Crippen LogP contribution < -0.4 is 27.0 Å². The average molecular weight is 1180 g/mol. The second-order valence-corrected chi connectivity index (χ2v) is 22.9. The van der Waals surface area contributed by atoms with Crippen molar-refractivity contribution in [2.24, 2.45) is 46.2 Å². The topological polar surface area (TPSA) is 332 Å². The van der Waals surface area contributed by atoms with Crippen molar-refractivity contribution in [1.29, 1.82) is 0 Å². The molecule has 1 saturated heterocycles. The van der Waals surface area contributed by atoms with Crippen molar-refractivity contribution in [1.82, 2.24) is 21.3 Å². The van der Waals surface area contributed by atoms with Crippen molar-refractivity contribution in [2.75, 3.05) is 46.9 Å². The minimum Gasteiger partial charge on any atom is -0.481 e. The molecule has 0 saturated carbocycles. The predicted molar refractivity (Wildman–Crippen MR) is 328 cm³/mol. The van der Waals surface area contributed by atoms with Crippen molar-refractivity contribution in [2.45, 2.75) is 178 Å². The number of aliphatic carboxylic acids is 1. The van der Waals surface area contributed by atoms with Gasteiger partial charge in [0.15, 0.2) is 17.4 Å². The van der Waals surface area contributed by atoms with Gasteiger partial charge in [0.1, 0.15) is 48.8 Å². The monoisotopic (exact) mass is 1180 g/mol. The van der Waals surface area contributed by atoms with E-state index in [1.165, 1.54) is 26.4 Å². The first-order valence-electron chi connectivity index (χ1n) is 27.8. The van der Waals surface area contributed by atoms with Crippen LogP contribution in [0.25, 0.3) is 0 Å². The summed E-state index contributed by atoms with van der Waals surface area (Å²) in [6.45, 7) is 49.0. The van der Waals surface area contributed by atoms with Gasteiger partial charge < -0.3 is 71.5 Å². The molecular weight excluding hydrogens is 1070 g/mol. The van der Waals surface area contributed by atoms with Crippen molar-refractivity contribution in [3.63, 3.8) is 0 Å². The van der Waals surface area contributed by atoms with Gasteiger partial charge in [-0.1, -0.05) is 152 Å². The molecule has 1 fully saturated rings. The normalized spacial score (nSPS) is 17.9. The van der Waals surface area contributed by atoms with Gasteiger partial charge in [-0.2, -0.15) is 0 Å². The molecule has 0 aliphatic carbocycles. The van der Waals surface area contributed by atoms with Crippen LogP contribution in [-0.2, 0) is 52.5 Å². The number of carboxylic acid groups (broad SMARTS) is 1. The summed E-state index contributed by atoms with van der Waals surface area (Å²) >= 11 is 0. The lowest BCUT2D eigenvalue weighted by molar-refractivity contribution is -0.334. The fraction of sp³-hybridized carbons (Fsp3) is 0.661. The molecule has 10 atom stereocenters. The molecule has 0 unspecified atom stereocenters. The number of methoxy groups -OCH3 is 2. The molecule has 21 nitrogen and oxygen atoms in total. The highest BCUT2D eigenvalue weighted by Gasteiger charge is 2.47. The van der Waals surface area contributed by atoms with Crippen LogP contribution in [0.2, 0.25) is 0 Å². The summed E-state index contributed by atoms with van der Waals surface area (Å²) in [5.41, 5.74) is 4.61. The standard InChI is InChI=1S/C22H37NO6.C19H33NO6.2C7H13NO.C4H8O2.C3H7N/c1-9-12-23-20(26)14(2)13-15(24)18(27-8)19-17(25)16(10-11-21(3,4)5)28-22(6,7)29-19;1-7-10-20-18(25)12(2)11-14(22)17(26-6)16(24)15(23)13(21)8-9-19(3,4)5;2*1-4-5-8-7(9)6(2)3;1-3(2)4(5)6;1-2-3-4/h9-11,14,16-19,25H,1,12-13H2,2-8H3,(H,23,26);7-9,12-13,15-17,21,23-24H,1,10-11H2,2-6H3,(H,20,25);2*4,6H,1,5H2,2-3H3,(H,8,9);3H,1-2H3,(H,5,6);2H,1,3-4H2/b11-10+;9-8+;;;;/t14-,16-,17+,18+,19-;12-,13-,15+,16-,17+;;;;/m11..../s1. The van der Waals surface area contributed by atoms with Crippen LogP contribution >= 0.6 is 0 Å². The molecule has 480 valence electrons. The van der Waals surface area contributed by atoms with E-state index in [1.54, 1.807) is 78.0 Å². The lowest BCUT2D eigenvalue weighted by atomic mass is 9.90. The maximum absolute atomic E-state index is 12.9. The highest BCUT2D eigenvalue weighted by Crippen LogP contribution is 2.32. The molecule has 0 radical (unpaired) electrons. The smallest absolute Gasteiger partial charge is 0.305 e. The fourth-order valence-corrected chi connectivity index (χ4v) is 6.05. The SMILES string of the molecule is C=CCN.C=CCNC(=O)C(C)C.C=CCNC(=O)C(C)C.C=CCNC(=O)[C@H](C)CC(=O)[C@H](OC)[C@@H]1OC(C)(C)O[C@H](/C=C/C(C)(C)C)[C@@H]1O.C=CCNC(=O)[C@H](C)CC(=O)[C@H](OC)[C@H](O)[C@@H](O)[C@H](O)/C=C/C(C)(C)C.CC(C)C(=O)O. The quantitative estimate of drug-likeness (QED) is 0.0419. The highest BCUT2D eigenvalue weighted by atomic mass is 16.7. The summed E-state index contributed by atoms with van der Waals surface area (Å²) in [5.74, 6) is -4.26. The first kappa shape index (κ1) is 86.3. The van der Waals surface area contributed by atoms with Crippen LogP contribution in [0.5, 0.6) is 0 Å². The zero-order valence-corrected chi connectivity index (χ0v) is 53.5. The van der Waals surface area contributed by atoms with Crippen molar-refractivity contribution in [3.8, 4) is 0 Å². The highest BCUT2D eigenvalue weighted by molar-refractivity contribution is 5.90. The molecule has 83 heavy (non-hydrogen) atoms. The van der Waals surface area contributed by atoms with Gasteiger partial charge in [0.05, 0.1) is 5.92 Å². The number of carbonyl (C=O) groups is 7. The van der Waals surface area contributed by atoms with Crippen molar-refractivity contribution < 1.29 is 78.0 Å². The van der Waals surface area contributed by atoms with Gasteiger partial charge in [0.2, 0.25) is 23.6 Å². The molecule has 0 spiro atoms. The first-order chi connectivity index (χ1) is 38.2. The third kappa shape index (κ3) is 44.7. The van der Waals surface area contributed by atoms with Crippen molar-refractivity contribution >= 4 is 41.2 Å². The number of Topliss-reactive ketones (excluding diaryl/α,β-unsaturated/α-hetero) is 2. The molecular formula is C62H111N5O16. The van der Waals surface area contributed by atoms with E-state index in [9.17, 15) is 54.0 Å². The van der Waals surface area contributed by atoms with E-state index in [0.717, 1.165) is 0 Å². The molecule has 1 aliphatic heterocycles. The Labute approximate surface area is 497 Å². The lowest BCUT2D eigenvalue weighted by Crippen LogP contribution is -2.59. The number of hydrogen-bond donors (Lipinski definition) is 10. The van der Waals surface area contributed by atoms with Crippen LogP contribution in [0.1, 0.15) is 124 Å². The van der Waals surface area contributed by atoms with Gasteiger partial charge in [0.25, 0.3) is 0 Å². The van der Waals surface area contributed by atoms with E-state index in [-0.39, 0.29) is 70.8 Å². The second kappa shape index (κ2) is 46.8. The number of hydrogen-bond acceptors (Lipinski definition) is 16. The molecule has 21 heteroatoms. The van der Waals surface area contributed by atoms with E-state index >= 15 is 0 Å². The number of allylic oxidation sites excluding steroid dienone is 2. The Hall–Kier alpha value is -5.49. The predicted octanol–water partition coefficient (Wildman–Crippen LogP) is 5.71. The Morgan fingerprint density at radius 1 is 0.590 bits per heavy atom. The summed E-state index contributed by atoms with van der Waals surface area (Å²) in [6.07, 6.45) is 5.07. The first-order valence-corrected chi connectivity index (χ1v) is 27.8. The number of carboxylic acids is 1. The van der Waals surface area contributed by atoms with Crippen molar-refractivity contribution in [3.05, 3.63) is 87.6 Å². The summed E-state index contributed by atoms with van der Waals surface area (Å²) < 4.78 is 22.1. The van der Waals surface area contributed by atoms with Crippen LogP contribution in [0.3, 0.4) is 0 Å². The Kier molecular flexibility index (Phi) is 48.7. The van der Waals surface area contributed by atoms with E-state index < -0.39 is 78.2 Å². The third-order valence-electron chi connectivity index (χ3n) is 10.8. The van der Waals surface area contributed by atoms with E-state index in [0.29, 0.717) is 32.7 Å². The van der Waals surface area contributed by atoms with Crippen LogP contribution in [0.15, 0.2) is 87.6 Å². The lowest BCUT2D eigenvalue weighted by Gasteiger charge is -2.45. The summed E-state index contributed by atoms with van der Waals surface area (Å²) in [5, 5.41) is 59.8. The van der Waals surface area contributed by atoms with Gasteiger partial charge >= 0.3 is 5.97 Å². The Bertz CT molecular complexity index is 1960. The fourth-order valence-electron chi connectivity index (χ4n) is 6.05. The Balaban J connectivity index is -0.000000337. The third-order valence-corrected chi connectivity index (χ3v) is 10.8. The number of aliphatic hydroxyl groups excluding tert-OH is 4. The van der Waals surface area contributed by atoms with E-state index in [4.69, 9.17) is 29.8 Å². The molecule has 11 N–H and O–H groups in total. The minimum atomic E-state index is -1.63. The van der Waals surface area contributed by atoms with E-state index in [1.807, 2.05) is 75.3 Å². The molecule has 1 aliphatic rings. The second-order valence-electron chi connectivity index (χ2n) is 22.9. The van der Waals surface area contributed by atoms with Crippen LogP contribution in [0.4, 0.5) is 0 Å².